The Kier molecular flexibility index (Phi) is 8.70. The molecule has 2 aromatic heterocycles. The molecule has 3 amide bonds. The van der Waals surface area contributed by atoms with Crippen molar-refractivity contribution in [1.82, 2.24) is 24.8 Å². The molecule has 0 bridgehead atoms. The maximum atomic E-state index is 13.3. The van der Waals surface area contributed by atoms with Gasteiger partial charge < -0.3 is 24.8 Å². The molecule has 204 valence electrons. The van der Waals surface area contributed by atoms with Gasteiger partial charge in [-0.1, -0.05) is 0 Å². The molecule has 2 N–H and O–H groups in total. The number of piperidine rings is 1. The van der Waals surface area contributed by atoms with Crippen LogP contribution in [0.3, 0.4) is 0 Å². The van der Waals surface area contributed by atoms with Crippen molar-refractivity contribution < 1.29 is 23.9 Å². The number of imidazole rings is 1. The second-order valence-corrected chi connectivity index (χ2v) is 9.49. The highest BCUT2D eigenvalue weighted by atomic mass is 16.5. The summed E-state index contributed by atoms with van der Waals surface area (Å²) in [6.07, 6.45) is 6.31. The highest BCUT2D eigenvalue weighted by Crippen LogP contribution is 2.30. The number of hydrogen-bond donors (Lipinski definition) is 2. The van der Waals surface area contributed by atoms with E-state index < -0.39 is 17.9 Å². The number of pyridine rings is 1. The number of amides is 3. The van der Waals surface area contributed by atoms with Gasteiger partial charge in [0.15, 0.2) is 0 Å². The first-order valence-electron chi connectivity index (χ1n) is 12.7. The number of aryl methyl sites for hydroxylation is 1. The zero-order valence-electron chi connectivity index (χ0n) is 22.2. The molecule has 1 aromatic carbocycles. The lowest BCUT2D eigenvalue weighted by Crippen LogP contribution is -2.46. The molecule has 1 saturated heterocycles. The number of rotatable bonds is 8. The predicted octanol–water partition coefficient (Wildman–Crippen LogP) is 2.60. The number of aromatic nitrogens is 3. The summed E-state index contributed by atoms with van der Waals surface area (Å²) in [6.45, 7) is 4.06. The van der Waals surface area contributed by atoms with Crippen LogP contribution in [0.25, 0.3) is 5.69 Å². The SMILES string of the molecule is COC(=O)C(CC(=O)N1CCC(c2nc(C)ccc2C(=O)Nc2ccc(-n3ccnc3)cc2)CC1)NC(C)=O. The third kappa shape index (κ3) is 6.86. The summed E-state index contributed by atoms with van der Waals surface area (Å²) in [6, 6.07) is 10.0. The molecule has 1 unspecified atom stereocenters. The smallest absolute Gasteiger partial charge is 0.328 e. The van der Waals surface area contributed by atoms with Gasteiger partial charge in [-0.05, 0) is 56.2 Å². The summed E-state index contributed by atoms with van der Waals surface area (Å²) in [5.74, 6) is -1.58. The van der Waals surface area contributed by atoms with Crippen molar-refractivity contribution in [2.24, 2.45) is 0 Å². The molecule has 1 aliphatic rings. The van der Waals surface area contributed by atoms with Crippen molar-refractivity contribution >= 4 is 29.4 Å². The zero-order chi connectivity index (χ0) is 27.9. The molecule has 4 rings (SSSR count). The number of hydrogen-bond acceptors (Lipinski definition) is 7. The minimum atomic E-state index is -1.03. The van der Waals surface area contributed by atoms with Crippen LogP contribution in [0.2, 0.25) is 0 Å². The molecule has 1 aliphatic heterocycles. The number of methoxy groups -OCH3 is 1. The molecule has 39 heavy (non-hydrogen) atoms. The van der Waals surface area contributed by atoms with Crippen LogP contribution in [0.15, 0.2) is 55.1 Å². The van der Waals surface area contributed by atoms with Gasteiger partial charge >= 0.3 is 5.97 Å². The third-order valence-corrected chi connectivity index (χ3v) is 6.71. The van der Waals surface area contributed by atoms with Gasteiger partial charge in [-0.3, -0.25) is 19.4 Å². The van der Waals surface area contributed by atoms with E-state index in [1.54, 1.807) is 23.5 Å². The fraction of sp³-hybridized carbons (Fsp3) is 0.357. The molecule has 0 radical (unpaired) electrons. The van der Waals surface area contributed by atoms with Crippen molar-refractivity contribution in [3.63, 3.8) is 0 Å². The maximum Gasteiger partial charge on any atom is 0.328 e. The highest BCUT2D eigenvalue weighted by Gasteiger charge is 2.31. The van der Waals surface area contributed by atoms with Crippen LogP contribution in [-0.4, -0.2) is 69.4 Å². The lowest BCUT2D eigenvalue weighted by Gasteiger charge is -2.33. The van der Waals surface area contributed by atoms with Crippen molar-refractivity contribution in [1.29, 1.82) is 0 Å². The average molecular weight is 533 g/mol. The summed E-state index contributed by atoms with van der Waals surface area (Å²) >= 11 is 0. The number of likely N-dealkylation sites (tertiary alicyclic amines) is 1. The second-order valence-electron chi connectivity index (χ2n) is 9.49. The molecule has 0 spiro atoms. The van der Waals surface area contributed by atoms with Gasteiger partial charge in [-0.25, -0.2) is 9.78 Å². The summed E-state index contributed by atoms with van der Waals surface area (Å²) in [5, 5.41) is 5.44. The van der Waals surface area contributed by atoms with E-state index >= 15 is 0 Å². The van der Waals surface area contributed by atoms with Gasteiger partial charge in [-0.15, -0.1) is 0 Å². The third-order valence-electron chi connectivity index (χ3n) is 6.71. The van der Waals surface area contributed by atoms with Gasteiger partial charge in [0.25, 0.3) is 5.91 Å². The first kappa shape index (κ1) is 27.5. The lowest BCUT2D eigenvalue weighted by atomic mass is 9.89. The summed E-state index contributed by atoms with van der Waals surface area (Å²) < 4.78 is 6.59. The molecule has 11 nitrogen and oxygen atoms in total. The zero-order valence-corrected chi connectivity index (χ0v) is 22.2. The quantitative estimate of drug-likeness (QED) is 0.426. The van der Waals surface area contributed by atoms with E-state index in [0.717, 1.165) is 11.4 Å². The van der Waals surface area contributed by atoms with Gasteiger partial charge in [0.05, 0.1) is 31.1 Å². The average Bonchev–Trinajstić information content (AvgIpc) is 3.47. The number of anilines is 1. The predicted molar refractivity (Wildman–Crippen MR) is 143 cm³/mol. The number of benzene rings is 1. The van der Waals surface area contributed by atoms with Crippen molar-refractivity contribution in [2.45, 2.75) is 45.1 Å². The Morgan fingerprint density at radius 3 is 2.41 bits per heavy atom. The number of nitrogens with one attached hydrogen (secondary N) is 2. The molecule has 1 atom stereocenters. The maximum absolute atomic E-state index is 13.3. The summed E-state index contributed by atoms with van der Waals surface area (Å²) in [4.78, 5) is 60.0. The largest absolute Gasteiger partial charge is 0.467 e. The van der Waals surface area contributed by atoms with Crippen molar-refractivity contribution in [2.75, 3.05) is 25.5 Å². The molecule has 0 aliphatic carbocycles. The Bertz CT molecular complexity index is 1330. The van der Waals surface area contributed by atoms with Gasteiger partial charge in [0.1, 0.15) is 6.04 Å². The number of carbonyl (C=O) groups is 4. The Morgan fingerprint density at radius 2 is 1.79 bits per heavy atom. The Labute approximate surface area is 226 Å². The highest BCUT2D eigenvalue weighted by molar-refractivity contribution is 6.05. The number of ether oxygens (including phenoxy) is 1. The number of carbonyl (C=O) groups excluding carboxylic acids is 4. The van der Waals surface area contributed by atoms with E-state index in [4.69, 9.17) is 9.72 Å². The Hall–Kier alpha value is -4.54. The van der Waals surface area contributed by atoms with Gasteiger partial charge in [0.2, 0.25) is 11.8 Å². The van der Waals surface area contributed by atoms with Gasteiger partial charge in [0, 0.05) is 55.4 Å². The normalized spacial score (nSPS) is 14.4. The molecule has 3 aromatic rings. The molecular formula is C28H32N6O5. The minimum absolute atomic E-state index is 0.00920. The summed E-state index contributed by atoms with van der Waals surface area (Å²) in [5.41, 5.74) is 3.61. The van der Waals surface area contributed by atoms with Crippen LogP contribution in [0.5, 0.6) is 0 Å². The number of nitrogens with zero attached hydrogens (tertiary/aromatic N) is 4. The lowest BCUT2D eigenvalue weighted by molar-refractivity contribution is -0.148. The Morgan fingerprint density at radius 1 is 1.08 bits per heavy atom. The standard InChI is InChI=1S/C28H32N6O5/c1-18-4-9-23(27(37)32-21-5-7-22(8-6-21)34-15-12-29-17-34)26(30-18)20-10-13-33(14-11-20)25(36)16-24(28(38)39-3)31-19(2)35/h4-9,12,15,17,20,24H,10-11,13-14,16H2,1-3H3,(H,31,35)(H,32,37). The van der Waals surface area contributed by atoms with E-state index in [1.807, 2.05) is 48.0 Å². The van der Waals surface area contributed by atoms with Crippen LogP contribution >= 0.6 is 0 Å². The Balaban J connectivity index is 1.41. The van der Waals surface area contributed by atoms with E-state index in [2.05, 4.69) is 15.6 Å². The second kappa shape index (κ2) is 12.3. The molecule has 0 saturated carbocycles. The molecule has 3 heterocycles. The van der Waals surface area contributed by atoms with Crippen LogP contribution < -0.4 is 10.6 Å². The van der Waals surface area contributed by atoms with Crippen molar-refractivity contribution in [3.05, 3.63) is 72.1 Å². The minimum Gasteiger partial charge on any atom is -0.467 e. The fourth-order valence-electron chi connectivity index (χ4n) is 4.69. The van der Waals surface area contributed by atoms with Crippen LogP contribution in [0.4, 0.5) is 5.69 Å². The van der Waals surface area contributed by atoms with E-state index in [9.17, 15) is 19.2 Å². The van der Waals surface area contributed by atoms with Gasteiger partial charge in [-0.2, -0.15) is 0 Å². The first-order valence-corrected chi connectivity index (χ1v) is 12.7. The monoisotopic (exact) mass is 532 g/mol. The van der Waals surface area contributed by atoms with E-state index in [1.165, 1.54) is 14.0 Å². The van der Waals surface area contributed by atoms with Crippen molar-refractivity contribution in [3.8, 4) is 5.69 Å². The molecule has 11 heteroatoms. The first-order chi connectivity index (χ1) is 18.7. The van der Waals surface area contributed by atoms with E-state index in [-0.39, 0.29) is 24.2 Å². The molecular weight excluding hydrogens is 500 g/mol. The van der Waals surface area contributed by atoms with Crippen LogP contribution in [-0.2, 0) is 19.1 Å². The summed E-state index contributed by atoms with van der Waals surface area (Å²) in [7, 11) is 1.21. The van der Waals surface area contributed by atoms with E-state index in [0.29, 0.717) is 42.9 Å². The number of esters is 1. The fourth-order valence-corrected chi connectivity index (χ4v) is 4.69. The topological polar surface area (TPSA) is 136 Å². The molecule has 1 fully saturated rings. The van der Waals surface area contributed by atoms with Crippen LogP contribution in [0, 0.1) is 6.92 Å². The van der Waals surface area contributed by atoms with Crippen LogP contribution in [0.1, 0.15) is 53.8 Å².